The average molecular weight is 238 g/mol. The van der Waals surface area contributed by atoms with Crippen LogP contribution in [0.4, 0.5) is 0 Å². The van der Waals surface area contributed by atoms with Crippen LogP contribution in [-0.4, -0.2) is 20.8 Å². The minimum absolute atomic E-state index is 0.195. The van der Waals surface area contributed by atoms with Crippen LogP contribution in [0.2, 0.25) is 0 Å². The smallest absolute Gasteiger partial charge is 0.166 e. The van der Waals surface area contributed by atoms with E-state index < -0.39 is 0 Å². The fraction of sp³-hybridized carbons (Fsp3) is 0. The van der Waals surface area contributed by atoms with Gasteiger partial charge in [-0.3, -0.25) is 9.20 Å². The molecule has 1 aromatic carbocycles. The molecule has 4 nitrogen and oxygen atoms in total. The van der Waals surface area contributed by atoms with E-state index in [2.05, 4.69) is 4.98 Å². The number of carbonyl (C=O) groups is 1. The second-order valence-corrected chi connectivity index (χ2v) is 3.97. The SMILES string of the molecule is O=Cc1cccc2nc(-c3cccc(O)c3)cn12. The zero-order valence-electron chi connectivity index (χ0n) is 9.45. The number of hydrogen-bond donors (Lipinski definition) is 1. The molecule has 0 amide bonds. The molecule has 0 aliphatic rings. The minimum Gasteiger partial charge on any atom is -0.508 e. The molecule has 4 heteroatoms. The van der Waals surface area contributed by atoms with Crippen molar-refractivity contribution in [3.63, 3.8) is 0 Å². The van der Waals surface area contributed by atoms with Gasteiger partial charge in [-0.15, -0.1) is 0 Å². The molecule has 0 aliphatic heterocycles. The van der Waals surface area contributed by atoms with Crippen molar-refractivity contribution in [3.8, 4) is 17.0 Å². The molecule has 1 N–H and O–H groups in total. The summed E-state index contributed by atoms with van der Waals surface area (Å²) in [5.41, 5.74) is 2.79. The molecule has 0 unspecified atom stereocenters. The van der Waals surface area contributed by atoms with Crippen LogP contribution < -0.4 is 0 Å². The van der Waals surface area contributed by atoms with E-state index >= 15 is 0 Å². The Morgan fingerprint density at radius 1 is 1.17 bits per heavy atom. The molecular weight excluding hydrogens is 228 g/mol. The van der Waals surface area contributed by atoms with Crippen molar-refractivity contribution in [1.29, 1.82) is 0 Å². The Balaban J connectivity index is 2.22. The van der Waals surface area contributed by atoms with Crippen LogP contribution in [0.15, 0.2) is 48.7 Å². The summed E-state index contributed by atoms with van der Waals surface area (Å²) < 4.78 is 1.73. The Labute approximate surface area is 103 Å². The van der Waals surface area contributed by atoms with Gasteiger partial charge in [-0.1, -0.05) is 18.2 Å². The standard InChI is InChI=1S/C14H10N2O2/c17-9-11-4-2-6-14-15-13(8-16(11)14)10-3-1-5-12(18)7-10/h1-9,18H. The van der Waals surface area contributed by atoms with E-state index in [1.54, 1.807) is 40.9 Å². The van der Waals surface area contributed by atoms with Crippen LogP contribution in [0.1, 0.15) is 10.5 Å². The second-order valence-electron chi connectivity index (χ2n) is 3.97. The van der Waals surface area contributed by atoms with E-state index in [-0.39, 0.29) is 5.75 Å². The topological polar surface area (TPSA) is 54.6 Å². The monoisotopic (exact) mass is 238 g/mol. The Bertz CT molecular complexity index is 731. The highest BCUT2D eigenvalue weighted by Crippen LogP contribution is 2.23. The van der Waals surface area contributed by atoms with Crippen LogP contribution in [-0.2, 0) is 0 Å². The van der Waals surface area contributed by atoms with E-state index in [4.69, 9.17) is 0 Å². The normalized spacial score (nSPS) is 10.7. The van der Waals surface area contributed by atoms with Gasteiger partial charge < -0.3 is 5.11 Å². The average Bonchev–Trinajstić information content (AvgIpc) is 2.82. The quantitative estimate of drug-likeness (QED) is 0.698. The van der Waals surface area contributed by atoms with Crippen molar-refractivity contribution in [2.75, 3.05) is 0 Å². The number of phenols is 1. The summed E-state index contributed by atoms with van der Waals surface area (Å²) in [4.78, 5) is 15.4. The number of fused-ring (bicyclic) bond motifs is 1. The van der Waals surface area contributed by atoms with Crippen LogP contribution in [0, 0.1) is 0 Å². The fourth-order valence-electron chi connectivity index (χ4n) is 1.93. The van der Waals surface area contributed by atoms with Gasteiger partial charge >= 0.3 is 0 Å². The van der Waals surface area contributed by atoms with Crippen molar-refractivity contribution < 1.29 is 9.90 Å². The number of benzene rings is 1. The van der Waals surface area contributed by atoms with Crippen LogP contribution in [0.5, 0.6) is 5.75 Å². The first-order chi connectivity index (χ1) is 8.78. The summed E-state index contributed by atoms with van der Waals surface area (Å²) in [5, 5.41) is 9.46. The number of phenolic OH excluding ortho intramolecular Hbond substituents is 1. The molecule has 0 fully saturated rings. The van der Waals surface area contributed by atoms with Gasteiger partial charge in [0.05, 0.1) is 11.4 Å². The van der Waals surface area contributed by atoms with Crippen molar-refractivity contribution in [2.24, 2.45) is 0 Å². The lowest BCUT2D eigenvalue weighted by atomic mass is 10.1. The zero-order valence-corrected chi connectivity index (χ0v) is 9.45. The lowest BCUT2D eigenvalue weighted by Crippen LogP contribution is -1.91. The maximum absolute atomic E-state index is 10.9. The van der Waals surface area contributed by atoms with E-state index in [0.29, 0.717) is 11.3 Å². The molecule has 2 heterocycles. The molecule has 18 heavy (non-hydrogen) atoms. The Morgan fingerprint density at radius 2 is 2.00 bits per heavy atom. The first-order valence-electron chi connectivity index (χ1n) is 5.50. The van der Waals surface area contributed by atoms with Gasteiger partial charge in [0, 0.05) is 11.8 Å². The molecule has 0 atom stereocenters. The predicted octanol–water partition coefficient (Wildman–Crippen LogP) is 2.52. The fourth-order valence-corrected chi connectivity index (χ4v) is 1.93. The Hall–Kier alpha value is -2.62. The summed E-state index contributed by atoms with van der Waals surface area (Å²) in [7, 11) is 0. The van der Waals surface area contributed by atoms with E-state index in [9.17, 15) is 9.90 Å². The van der Waals surface area contributed by atoms with Crippen LogP contribution in [0.3, 0.4) is 0 Å². The summed E-state index contributed by atoms with van der Waals surface area (Å²) >= 11 is 0. The molecule has 3 aromatic rings. The predicted molar refractivity (Wildman–Crippen MR) is 67.7 cm³/mol. The van der Waals surface area contributed by atoms with Gasteiger partial charge in [-0.05, 0) is 24.3 Å². The van der Waals surface area contributed by atoms with E-state index in [1.165, 1.54) is 0 Å². The molecule has 2 aromatic heterocycles. The van der Waals surface area contributed by atoms with Gasteiger partial charge in [0.1, 0.15) is 11.4 Å². The third-order valence-electron chi connectivity index (χ3n) is 2.79. The number of aldehydes is 1. The second kappa shape index (κ2) is 4.00. The minimum atomic E-state index is 0.195. The first kappa shape index (κ1) is 10.5. The van der Waals surface area contributed by atoms with Crippen LogP contribution in [0.25, 0.3) is 16.9 Å². The van der Waals surface area contributed by atoms with Gasteiger partial charge in [0.15, 0.2) is 6.29 Å². The van der Waals surface area contributed by atoms with Gasteiger partial charge in [0.2, 0.25) is 0 Å². The molecule has 88 valence electrons. The molecule has 0 aliphatic carbocycles. The van der Waals surface area contributed by atoms with Crippen LogP contribution >= 0.6 is 0 Å². The Kier molecular flexibility index (Phi) is 2.34. The van der Waals surface area contributed by atoms with Gasteiger partial charge in [-0.2, -0.15) is 0 Å². The molecule has 0 radical (unpaired) electrons. The van der Waals surface area contributed by atoms with Crippen molar-refractivity contribution in [1.82, 2.24) is 9.38 Å². The maximum atomic E-state index is 10.9. The highest BCUT2D eigenvalue weighted by atomic mass is 16.3. The highest BCUT2D eigenvalue weighted by Gasteiger charge is 2.06. The molecule has 0 bridgehead atoms. The molecule has 0 saturated heterocycles. The van der Waals surface area contributed by atoms with Crippen molar-refractivity contribution in [3.05, 3.63) is 54.4 Å². The number of nitrogens with zero attached hydrogens (tertiary/aromatic N) is 2. The number of hydrogen-bond acceptors (Lipinski definition) is 3. The lowest BCUT2D eigenvalue weighted by molar-refractivity contribution is 0.111. The number of aromatic nitrogens is 2. The van der Waals surface area contributed by atoms with Crippen molar-refractivity contribution >= 4 is 11.9 Å². The molecule has 0 spiro atoms. The Morgan fingerprint density at radius 3 is 2.78 bits per heavy atom. The largest absolute Gasteiger partial charge is 0.508 e. The molecule has 0 saturated carbocycles. The van der Waals surface area contributed by atoms with Crippen molar-refractivity contribution in [2.45, 2.75) is 0 Å². The van der Waals surface area contributed by atoms with E-state index in [0.717, 1.165) is 17.5 Å². The maximum Gasteiger partial charge on any atom is 0.166 e. The summed E-state index contributed by atoms with van der Waals surface area (Å²) in [5.74, 6) is 0.195. The molecule has 3 rings (SSSR count). The first-order valence-corrected chi connectivity index (χ1v) is 5.50. The lowest BCUT2D eigenvalue weighted by Gasteiger charge is -1.96. The van der Waals surface area contributed by atoms with Gasteiger partial charge in [-0.25, -0.2) is 4.98 Å². The third-order valence-corrected chi connectivity index (χ3v) is 2.79. The number of imidazole rings is 1. The third kappa shape index (κ3) is 1.64. The number of aromatic hydroxyl groups is 1. The summed E-state index contributed by atoms with van der Waals surface area (Å²) in [6.45, 7) is 0. The highest BCUT2D eigenvalue weighted by molar-refractivity contribution is 5.75. The number of rotatable bonds is 2. The number of pyridine rings is 1. The molecular formula is C14H10N2O2. The summed E-state index contributed by atoms with van der Waals surface area (Å²) in [6.07, 6.45) is 2.58. The van der Waals surface area contributed by atoms with Gasteiger partial charge in [0.25, 0.3) is 0 Å². The zero-order chi connectivity index (χ0) is 12.5. The summed E-state index contributed by atoms with van der Waals surface area (Å²) in [6, 6.07) is 12.2. The number of carbonyl (C=O) groups excluding carboxylic acids is 1. The van der Waals surface area contributed by atoms with E-state index in [1.807, 2.05) is 12.1 Å².